The molecule has 2 N–H and O–H groups in total. The van der Waals surface area contributed by atoms with E-state index in [1.807, 2.05) is 61.5 Å². The van der Waals surface area contributed by atoms with E-state index in [-0.39, 0.29) is 0 Å². The molecule has 0 radical (unpaired) electrons. The molecule has 7 aromatic rings. The highest BCUT2D eigenvalue weighted by atomic mass is 19.1. The number of halogens is 1. The Balaban J connectivity index is 1.48. The first-order valence-electron chi connectivity index (χ1n) is 18.2. The van der Waals surface area contributed by atoms with E-state index in [0.717, 1.165) is 44.6 Å². The van der Waals surface area contributed by atoms with E-state index < -0.39 is 23.3 Å². The van der Waals surface area contributed by atoms with Gasteiger partial charge < -0.3 is 10.4 Å². The third kappa shape index (κ3) is 6.05. The van der Waals surface area contributed by atoms with Crippen molar-refractivity contribution in [2.45, 2.75) is 31.6 Å². The Morgan fingerprint density at radius 3 is 1.81 bits per heavy atom. The lowest BCUT2D eigenvalue weighted by Crippen LogP contribution is -2.56. The molecular weight excluding hydrogens is 668 g/mol. The number of aryl methyl sites for hydroxylation is 1. The van der Waals surface area contributed by atoms with Gasteiger partial charge in [-0.1, -0.05) is 140 Å². The van der Waals surface area contributed by atoms with Crippen LogP contribution in [-0.4, -0.2) is 10.1 Å². The number of phenolic OH excluding ortho intramolecular Hbond substituents is 1. The van der Waals surface area contributed by atoms with E-state index in [9.17, 15) is 10.4 Å². The summed E-state index contributed by atoms with van der Waals surface area (Å²) in [4.78, 5) is 0. The normalized spacial score (nSPS) is 13.2. The van der Waals surface area contributed by atoms with Gasteiger partial charge in [-0.2, -0.15) is 10.3 Å². The third-order valence-electron chi connectivity index (χ3n) is 10.4. The van der Waals surface area contributed by atoms with Gasteiger partial charge in [0.2, 0.25) is 0 Å². The number of rotatable bonds is 10. The monoisotopic (exact) mass is 706 g/mol. The van der Waals surface area contributed by atoms with Gasteiger partial charge in [0.05, 0.1) is 17.3 Å². The second-order valence-corrected chi connectivity index (χ2v) is 13.5. The molecule has 0 spiro atoms. The Hall–Kier alpha value is -6.68. The van der Waals surface area contributed by atoms with Crippen LogP contribution in [0.1, 0.15) is 52.0 Å². The molecule has 0 bridgehead atoms. The number of anilines is 2. The summed E-state index contributed by atoms with van der Waals surface area (Å²) in [5.41, 5.74) is 8.64. The second-order valence-electron chi connectivity index (χ2n) is 13.5. The SMILES string of the molecule is CCc1cc(O)c(F)c(C(Nc2ccc(C#N)cc2)N2Cc3c(-c4ccccc4)cccc3N2C(c2ccccc2)(c2ccccc2)c2ccccc2)c1. The minimum atomic E-state index is -0.962. The summed E-state index contributed by atoms with van der Waals surface area (Å²) in [5.74, 6) is -1.09. The molecule has 1 atom stereocenters. The van der Waals surface area contributed by atoms with Gasteiger partial charge in [-0.3, -0.25) is 5.01 Å². The molecule has 0 saturated carbocycles. The molecule has 5 nitrogen and oxygen atoms in total. The molecule has 7 aromatic carbocycles. The fourth-order valence-corrected chi connectivity index (χ4v) is 7.89. The lowest BCUT2D eigenvalue weighted by molar-refractivity contribution is 0.166. The predicted molar refractivity (Wildman–Crippen MR) is 214 cm³/mol. The minimum absolute atomic E-state index is 0.304. The topological polar surface area (TPSA) is 62.5 Å². The summed E-state index contributed by atoms with van der Waals surface area (Å²) in [6.07, 6.45) is -0.226. The summed E-state index contributed by atoms with van der Waals surface area (Å²) in [7, 11) is 0. The van der Waals surface area contributed by atoms with Crippen LogP contribution in [0.3, 0.4) is 0 Å². The zero-order valence-electron chi connectivity index (χ0n) is 29.9. The molecule has 54 heavy (non-hydrogen) atoms. The molecule has 264 valence electrons. The van der Waals surface area contributed by atoms with Gasteiger partial charge in [-0.25, -0.2) is 4.39 Å². The molecule has 1 unspecified atom stereocenters. The first-order valence-corrected chi connectivity index (χ1v) is 18.2. The fraction of sp³-hybridized carbons (Fsp3) is 0.104. The average Bonchev–Trinajstić information content (AvgIpc) is 3.63. The van der Waals surface area contributed by atoms with Crippen molar-refractivity contribution < 1.29 is 9.50 Å². The molecule has 6 heteroatoms. The van der Waals surface area contributed by atoms with Crippen LogP contribution in [0.4, 0.5) is 15.8 Å². The van der Waals surface area contributed by atoms with E-state index in [2.05, 4.69) is 125 Å². The van der Waals surface area contributed by atoms with Gasteiger partial charge in [0.1, 0.15) is 11.7 Å². The van der Waals surface area contributed by atoms with Crippen molar-refractivity contribution >= 4 is 11.4 Å². The molecule has 1 heterocycles. The van der Waals surface area contributed by atoms with Gasteiger partial charge in [-0.15, -0.1) is 0 Å². The Morgan fingerprint density at radius 2 is 1.28 bits per heavy atom. The number of nitrogens with one attached hydrogen (secondary N) is 1. The van der Waals surface area contributed by atoms with Crippen molar-refractivity contribution in [1.29, 1.82) is 5.26 Å². The first-order chi connectivity index (χ1) is 26.5. The smallest absolute Gasteiger partial charge is 0.171 e. The summed E-state index contributed by atoms with van der Waals surface area (Å²) in [6, 6.07) is 60.9. The number of fused-ring (bicyclic) bond motifs is 1. The third-order valence-corrected chi connectivity index (χ3v) is 10.4. The van der Waals surface area contributed by atoms with E-state index in [4.69, 9.17) is 0 Å². The van der Waals surface area contributed by atoms with Crippen LogP contribution in [0.15, 0.2) is 176 Å². The van der Waals surface area contributed by atoms with Crippen molar-refractivity contribution in [3.63, 3.8) is 0 Å². The molecule has 0 aromatic heterocycles. The van der Waals surface area contributed by atoms with E-state index in [0.29, 0.717) is 29.8 Å². The van der Waals surface area contributed by atoms with Gasteiger partial charge in [0, 0.05) is 23.4 Å². The van der Waals surface area contributed by atoms with E-state index in [1.165, 1.54) is 6.07 Å². The zero-order valence-corrected chi connectivity index (χ0v) is 29.9. The number of aromatic hydroxyl groups is 1. The molecule has 0 amide bonds. The quantitative estimate of drug-likeness (QED) is 0.139. The van der Waals surface area contributed by atoms with E-state index in [1.54, 1.807) is 12.1 Å². The Labute approximate surface area is 315 Å². The number of nitrogens with zero attached hydrogens (tertiary/aromatic N) is 3. The summed E-state index contributed by atoms with van der Waals surface area (Å²) < 4.78 is 16.7. The van der Waals surface area contributed by atoms with Crippen molar-refractivity contribution in [2.24, 2.45) is 0 Å². The summed E-state index contributed by atoms with van der Waals surface area (Å²) >= 11 is 0. The maximum atomic E-state index is 16.7. The highest BCUT2D eigenvalue weighted by Crippen LogP contribution is 2.53. The lowest BCUT2D eigenvalue weighted by Gasteiger charge is -2.50. The minimum Gasteiger partial charge on any atom is -0.505 e. The highest BCUT2D eigenvalue weighted by Gasteiger charge is 2.51. The predicted octanol–water partition coefficient (Wildman–Crippen LogP) is 11.0. The van der Waals surface area contributed by atoms with Crippen LogP contribution >= 0.6 is 0 Å². The maximum absolute atomic E-state index is 16.7. The van der Waals surface area contributed by atoms with Crippen LogP contribution in [-0.2, 0) is 18.5 Å². The number of hydrogen-bond donors (Lipinski definition) is 2. The van der Waals surface area contributed by atoms with Crippen LogP contribution in [0.25, 0.3) is 11.1 Å². The fourth-order valence-electron chi connectivity index (χ4n) is 7.89. The van der Waals surface area contributed by atoms with Gasteiger partial charge in [-0.05, 0) is 82.3 Å². The van der Waals surface area contributed by atoms with Crippen LogP contribution in [0.5, 0.6) is 5.75 Å². The van der Waals surface area contributed by atoms with Crippen molar-refractivity contribution in [3.05, 3.63) is 221 Å². The first kappa shape index (κ1) is 34.4. The molecule has 1 aliphatic heterocycles. The largest absolute Gasteiger partial charge is 0.505 e. The van der Waals surface area contributed by atoms with Crippen LogP contribution < -0.4 is 10.3 Å². The maximum Gasteiger partial charge on any atom is 0.171 e. The molecule has 0 fully saturated rings. The Morgan fingerprint density at radius 1 is 0.722 bits per heavy atom. The van der Waals surface area contributed by atoms with Crippen molar-refractivity contribution in [3.8, 4) is 22.9 Å². The van der Waals surface area contributed by atoms with Gasteiger partial charge in [0.15, 0.2) is 11.6 Å². The van der Waals surface area contributed by atoms with Gasteiger partial charge in [0.25, 0.3) is 0 Å². The summed E-state index contributed by atoms with van der Waals surface area (Å²) in [5, 5.41) is 28.9. The number of benzene rings is 7. The zero-order chi connectivity index (χ0) is 37.1. The van der Waals surface area contributed by atoms with Crippen LogP contribution in [0, 0.1) is 17.1 Å². The average molecular weight is 707 g/mol. The van der Waals surface area contributed by atoms with Gasteiger partial charge >= 0.3 is 0 Å². The molecule has 1 aliphatic rings. The van der Waals surface area contributed by atoms with Crippen LogP contribution in [0.2, 0.25) is 0 Å². The molecule has 8 rings (SSSR count). The molecule has 0 aliphatic carbocycles. The molecule has 0 saturated heterocycles. The number of hydrazine groups is 1. The Bertz CT molecular complexity index is 2320. The van der Waals surface area contributed by atoms with E-state index >= 15 is 4.39 Å². The van der Waals surface area contributed by atoms with Crippen molar-refractivity contribution in [1.82, 2.24) is 5.01 Å². The summed E-state index contributed by atoms with van der Waals surface area (Å²) in [6.45, 7) is 2.40. The van der Waals surface area contributed by atoms with Crippen molar-refractivity contribution in [2.75, 3.05) is 10.3 Å². The number of hydrogen-bond acceptors (Lipinski definition) is 5. The highest BCUT2D eigenvalue weighted by molar-refractivity contribution is 5.78. The Kier molecular flexibility index (Phi) is 9.40. The number of nitriles is 1. The second kappa shape index (κ2) is 14.7. The lowest BCUT2D eigenvalue weighted by atomic mass is 9.76. The molecular formula is C48H39FN4O. The standard InChI is InChI=1S/C48H39FN4O/c1-2-34-30-42(46(49)45(54)31-34)47(51-40-28-26-35(32-50)27-29-40)52-33-43-41(36-16-7-3-8-17-36)24-15-25-44(43)53(52)48(37-18-9-4-10-19-37,38-20-11-5-12-21-38)39-22-13-6-14-23-39/h3-31,47,51,54H,2,33H2,1H3. The number of phenols is 1.